The molecule has 0 spiro atoms. The normalized spacial score (nSPS) is 11.8. The summed E-state index contributed by atoms with van der Waals surface area (Å²) in [4.78, 5) is 0. The van der Waals surface area contributed by atoms with Crippen molar-refractivity contribution in [1.82, 2.24) is 0 Å². The average Bonchev–Trinajstić information content (AvgIpc) is 3.20. The van der Waals surface area contributed by atoms with E-state index in [2.05, 4.69) is 0 Å². The third-order valence-corrected chi connectivity index (χ3v) is 3.95. The Morgan fingerprint density at radius 2 is 1.29 bits per heavy atom. The molecule has 2 aromatic rings. The van der Waals surface area contributed by atoms with Crippen molar-refractivity contribution in [3.8, 4) is 40.2 Å². The van der Waals surface area contributed by atoms with Gasteiger partial charge in [-0.2, -0.15) is 0 Å². The number of methoxy groups -OCH3 is 3. The fourth-order valence-electron chi connectivity index (χ4n) is 2.59. The highest BCUT2D eigenvalue weighted by Crippen LogP contribution is 2.43. The summed E-state index contributed by atoms with van der Waals surface area (Å²) in [5.41, 5.74) is 0. The van der Waals surface area contributed by atoms with Gasteiger partial charge in [-0.1, -0.05) is 0 Å². The minimum atomic E-state index is 0.178. The minimum absolute atomic E-state index is 0.178. The lowest BCUT2D eigenvalue weighted by atomic mass is 10.3. The van der Waals surface area contributed by atoms with E-state index >= 15 is 0 Å². The highest BCUT2D eigenvalue weighted by Gasteiger charge is 2.20. The van der Waals surface area contributed by atoms with E-state index < -0.39 is 0 Å². The maximum atomic E-state index is 5.68. The van der Waals surface area contributed by atoms with Gasteiger partial charge in [-0.15, -0.1) is 0 Å². The molecule has 2 aromatic carbocycles. The molecule has 0 saturated heterocycles. The summed E-state index contributed by atoms with van der Waals surface area (Å²) in [6.07, 6.45) is 0. The first-order valence-electron chi connectivity index (χ1n) is 8.77. The van der Waals surface area contributed by atoms with Gasteiger partial charge in [-0.05, 0) is 0 Å². The van der Waals surface area contributed by atoms with Crippen LogP contribution in [0.1, 0.15) is 0 Å². The zero-order chi connectivity index (χ0) is 19.8. The highest BCUT2D eigenvalue weighted by molar-refractivity contribution is 5.57. The van der Waals surface area contributed by atoms with Gasteiger partial charge in [-0.25, -0.2) is 0 Å². The topological polar surface area (TPSA) is 73.8 Å². The molecule has 0 amide bonds. The van der Waals surface area contributed by atoms with E-state index in [0.29, 0.717) is 66.7 Å². The highest BCUT2D eigenvalue weighted by atomic mass is 16.7. The predicted molar refractivity (Wildman–Crippen MR) is 100 cm³/mol. The van der Waals surface area contributed by atoms with Gasteiger partial charge in [-0.3, -0.25) is 0 Å². The van der Waals surface area contributed by atoms with Crippen LogP contribution in [0.4, 0.5) is 0 Å². The molecule has 0 N–H and O–H groups in total. The second-order valence-corrected chi connectivity index (χ2v) is 5.72. The van der Waals surface area contributed by atoms with Gasteiger partial charge in [0.2, 0.25) is 12.5 Å². The molecule has 1 heterocycles. The summed E-state index contributed by atoms with van der Waals surface area (Å²) in [6.45, 7) is 1.80. The average molecular weight is 392 g/mol. The lowest BCUT2D eigenvalue weighted by Gasteiger charge is -2.11. The van der Waals surface area contributed by atoms with E-state index in [1.165, 1.54) is 0 Å². The molecule has 0 fully saturated rings. The van der Waals surface area contributed by atoms with Crippen molar-refractivity contribution in [2.45, 2.75) is 0 Å². The van der Waals surface area contributed by atoms with Crippen molar-refractivity contribution in [2.75, 3.05) is 54.5 Å². The second kappa shape index (κ2) is 9.80. The zero-order valence-corrected chi connectivity index (χ0v) is 16.2. The maximum absolute atomic E-state index is 5.68. The Hall–Kier alpha value is -3.00. The Morgan fingerprint density at radius 3 is 1.89 bits per heavy atom. The molecule has 28 heavy (non-hydrogen) atoms. The first-order valence-corrected chi connectivity index (χ1v) is 8.77. The van der Waals surface area contributed by atoms with Crippen molar-refractivity contribution >= 4 is 0 Å². The Morgan fingerprint density at radius 1 is 0.679 bits per heavy atom. The van der Waals surface area contributed by atoms with Gasteiger partial charge in [0.05, 0.1) is 34.5 Å². The van der Waals surface area contributed by atoms with Crippen LogP contribution in [0.2, 0.25) is 0 Å². The third-order valence-electron chi connectivity index (χ3n) is 3.95. The van der Waals surface area contributed by atoms with Gasteiger partial charge in [0.1, 0.15) is 36.2 Å². The second-order valence-electron chi connectivity index (χ2n) is 5.72. The van der Waals surface area contributed by atoms with Crippen LogP contribution >= 0.6 is 0 Å². The zero-order valence-electron chi connectivity index (χ0n) is 16.2. The van der Waals surface area contributed by atoms with Crippen LogP contribution in [-0.4, -0.2) is 54.5 Å². The van der Waals surface area contributed by atoms with E-state index in [1.54, 1.807) is 51.7 Å². The molecule has 1 aliphatic heterocycles. The molecule has 1 aliphatic rings. The van der Waals surface area contributed by atoms with E-state index in [4.69, 9.17) is 37.9 Å². The summed E-state index contributed by atoms with van der Waals surface area (Å²) in [6, 6.07) is 8.89. The number of fused-ring (bicyclic) bond motifs is 1. The molecule has 0 radical (unpaired) electrons. The summed E-state index contributed by atoms with van der Waals surface area (Å²) in [7, 11) is 4.76. The Kier molecular flexibility index (Phi) is 6.91. The number of rotatable bonds is 11. The van der Waals surface area contributed by atoms with E-state index in [0.717, 1.165) is 0 Å². The molecule has 0 atom stereocenters. The van der Waals surface area contributed by atoms with Crippen LogP contribution in [0.25, 0.3) is 0 Å². The van der Waals surface area contributed by atoms with Crippen LogP contribution < -0.4 is 33.2 Å². The first kappa shape index (κ1) is 19.8. The van der Waals surface area contributed by atoms with Crippen molar-refractivity contribution in [3.05, 3.63) is 30.3 Å². The molecule has 152 valence electrons. The SMILES string of the molecule is COc1cc(OC)cc(OCCOCCOc2cc(OC)c3c(c2)OCO3)c1. The summed E-state index contributed by atoms with van der Waals surface area (Å²) >= 11 is 0. The fourth-order valence-corrected chi connectivity index (χ4v) is 2.59. The number of hydrogen-bond donors (Lipinski definition) is 0. The van der Waals surface area contributed by atoms with Gasteiger partial charge in [0.15, 0.2) is 11.5 Å². The largest absolute Gasteiger partial charge is 0.496 e. The van der Waals surface area contributed by atoms with Crippen LogP contribution in [0.15, 0.2) is 30.3 Å². The molecule has 0 unspecified atom stereocenters. The van der Waals surface area contributed by atoms with Crippen LogP contribution in [0, 0.1) is 0 Å². The first-order chi connectivity index (χ1) is 13.7. The van der Waals surface area contributed by atoms with Crippen molar-refractivity contribution < 1.29 is 37.9 Å². The van der Waals surface area contributed by atoms with Crippen LogP contribution in [0.5, 0.6) is 40.2 Å². The molecule has 8 nitrogen and oxygen atoms in total. The van der Waals surface area contributed by atoms with Gasteiger partial charge < -0.3 is 37.9 Å². The smallest absolute Gasteiger partial charge is 0.231 e. The van der Waals surface area contributed by atoms with Gasteiger partial charge in [0, 0.05) is 30.3 Å². The van der Waals surface area contributed by atoms with E-state index in [1.807, 2.05) is 0 Å². The standard InChI is InChI=1S/C20H24O8/c1-21-14-8-15(22-2)10-16(9-14)25-6-4-24-5-7-26-17-11-18(23-3)20-19(12-17)27-13-28-20/h8-12H,4-7,13H2,1-3H3. The monoisotopic (exact) mass is 392 g/mol. The van der Waals surface area contributed by atoms with Crippen molar-refractivity contribution in [1.29, 1.82) is 0 Å². The van der Waals surface area contributed by atoms with E-state index in [-0.39, 0.29) is 6.79 Å². The molecular formula is C20H24O8. The lowest BCUT2D eigenvalue weighted by Crippen LogP contribution is -2.12. The molecule has 8 heteroatoms. The summed E-state index contributed by atoms with van der Waals surface area (Å²) in [5.74, 6) is 4.40. The lowest BCUT2D eigenvalue weighted by molar-refractivity contribution is 0.0762. The van der Waals surface area contributed by atoms with Gasteiger partial charge in [0.25, 0.3) is 0 Å². The summed E-state index contributed by atoms with van der Waals surface area (Å²) in [5, 5.41) is 0. The maximum Gasteiger partial charge on any atom is 0.231 e. The Balaban J connectivity index is 1.37. The molecule has 0 bridgehead atoms. The molecular weight excluding hydrogens is 368 g/mol. The number of benzene rings is 2. The van der Waals surface area contributed by atoms with E-state index in [9.17, 15) is 0 Å². The quantitative estimate of drug-likeness (QED) is 0.541. The fraction of sp³-hybridized carbons (Fsp3) is 0.400. The van der Waals surface area contributed by atoms with Gasteiger partial charge >= 0.3 is 0 Å². The van der Waals surface area contributed by atoms with Crippen LogP contribution in [-0.2, 0) is 4.74 Å². The van der Waals surface area contributed by atoms with Crippen molar-refractivity contribution in [3.63, 3.8) is 0 Å². The molecule has 0 aromatic heterocycles. The number of ether oxygens (including phenoxy) is 8. The van der Waals surface area contributed by atoms with Crippen LogP contribution in [0.3, 0.4) is 0 Å². The minimum Gasteiger partial charge on any atom is -0.496 e. The predicted octanol–water partition coefficient (Wildman–Crippen LogP) is 2.92. The Labute approximate surface area is 163 Å². The Bertz CT molecular complexity index is 755. The summed E-state index contributed by atoms with van der Waals surface area (Å²) < 4.78 is 43.3. The third kappa shape index (κ3) is 5.04. The molecule has 0 saturated carbocycles. The van der Waals surface area contributed by atoms with Crippen molar-refractivity contribution in [2.24, 2.45) is 0 Å². The molecule has 3 rings (SSSR count). The molecule has 0 aliphatic carbocycles. The number of hydrogen-bond acceptors (Lipinski definition) is 8.